The highest BCUT2D eigenvalue weighted by Gasteiger charge is 2.36. The Bertz CT molecular complexity index is 688. The zero-order valence-corrected chi connectivity index (χ0v) is 14.6. The summed E-state index contributed by atoms with van der Waals surface area (Å²) in [5.74, 6) is -3.41. The van der Waals surface area contributed by atoms with E-state index in [1.54, 1.807) is 48.5 Å². The maximum Gasteiger partial charge on any atom is 0.336 e. The third-order valence-corrected chi connectivity index (χ3v) is 3.90. The van der Waals surface area contributed by atoms with Crippen molar-refractivity contribution in [3.63, 3.8) is 0 Å². The standard InChI is InChI=1S/C20H21NO6/c21-17(19(24)26-12-14-7-3-1-4-8-14)16(11-22)18(23)20(25)27-13-15-9-5-2-6-10-15/h1-11,16-18,23H,12-13,21H2/t16?,17-,18?/m0/s1. The molecule has 0 spiro atoms. The van der Waals surface area contributed by atoms with Crippen LogP contribution in [0.1, 0.15) is 11.1 Å². The summed E-state index contributed by atoms with van der Waals surface area (Å²) >= 11 is 0. The first-order valence-corrected chi connectivity index (χ1v) is 8.33. The SMILES string of the molecule is N[C@H](C(=O)OCc1ccccc1)C(C=O)C(O)C(=O)OCc1ccccc1. The van der Waals surface area contributed by atoms with E-state index in [-0.39, 0.29) is 19.5 Å². The van der Waals surface area contributed by atoms with Crippen LogP contribution in [0.25, 0.3) is 0 Å². The van der Waals surface area contributed by atoms with E-state index in [4.69, 9.17) is 15.2 Å². The fraction of sp³-hybridized carbons (Fsp3) is 0.250. The molecule has 0 fully saturated rings. The first kappa shape index (κ1) is 20.3. The van der Waals surface area contributed by atoms with Crippen LogP contribution < -0.4 is 5.73 Å². The largest absolute Gasteiger partial charge is 0.460 e. The van der Waals surface area contributed by atoms with Crippen molar-refractivity contribution in [2.75, 3.05) is 0 Å². The molecule has 0 saturated heterocycles. The van der Waals surface area contributed by atoms with Gasteiger partial charge in [-0.3, -0.25) is 4.79 Å². The van der Waals surface area contributed by atoms with Gasteiger partial charge in [-0.25, -0.2) is 4.79 Å². The zero-order valence-electron chi connectivity index (χ0n) is 14.6. The lowest BCUT2D eigenvalue weighted by Gasteiger charge is -2.21. The summed E-state index contributed by atoms with van der Waals surface area (Å²) < 4.78 is 10.0. The Kier molecular flexibility index (Phi) is 7.66. The Hall–Kier alpha value is -3.03. The lowest BCUT2D eigenvalue weighted by atomic mass is 9.95. The number of aliphatic hydroxyl groups excluding tert-OH is 1. The molecule has 0 aliphatic heterocycles. The van der Waals surface area contributed by atoms with Gasteiger partial charge in [-0.05, 0) is 11.1 Å². The van der Waals surface area contributed by atoms with Crippen molar-refractivity contribution in [2.24, 2.45) is 11.7 Å². The van der Waals surface area contributed by atoms with E-state index in [9.17, 15) is 19.5 Å². The summed E-state index contributed by atoms with van der Waals surface area (Å²) in [7, 11) is 0. The monoisotopic (exact) mass is 371 g/mol. The summed E-state index contributed by atoms with van der Waals surface area (Å²) in [5, 5.41) is 10.1. The first-order valence-electron chi connectivity index (χ1n) is 8.33. The van der Waals surface area contributed by atoms with Gasteiger partial charge in [0.25, 0.3) is 0 Å². The van der Waals surface area contributed by atoms with Gasteiger partial charge in [0.05, 0.1) is 5.92 Å². The summed E-state index contributed by atoms with van der Waals surface area (Å²) in [4.78, 5) is 35.3. The van der Waals surface area contributed by atoms with E-state index in [2.05, 4.69) is 0 Å². The maximum absolute atomic E-state index is 12.1. The number of rotatable bonds is 9. The van der Waals surface area contributed by atoms with E-state index < -0.39 is 30.0 Å². The number of carbonyl (C=O) groups is 3. The third-order valence-electron chi connectivity index (χ3n) is 3.90. The number of esters is 2. The van der Waals surface area contributed by atoms with Crippen molar-refractivity contribution in [2.45, 2.75) is 25.4 Å². The molecule has 0 radical (unpaired) electrons. The van der Waals surface area contributed by atoms with Crippen LogP contribution in [0.4, 0.5) is 0 Å². The van der Waals surface area contributed by atoms with Gasteiger partial charge in [0.2, 0.25) is 0 Å². The summed E-state index contributed by atoms with van der Waals surface area (Å²) in [6, 6.07) is 16.2. The van der Waals surface area contributed by atoms with E-state index in [0.717, 1.165) is 5.56 Å². The predicted molar refractivity (Wildman–Crippen MR) is 96.0 cm³/mol. The zero-order chi connectivity index (χ0) is 19.6. The molecule has 2 aromatic rings. The van der Waals surface area contributed by atoms with Crippen molar-refractivity contribution < 1.29 is 29.0 Å². The van der Waals surface area contributed by atoms with Crippen LogP contribution >= 0.6 is 0 Å². The molecule has 0 heterocycles. The smallest absolute Gasteiger partial charge is 0.336 e. The van der Waals surface area contributed by atoms with Crippen LogP contribution in [0.15, 0.2) is 60.7 Å². The Morgan fingerprint density at radius 3 is 1.78 bits per heavy atom. The number of hydrogen-bond acceptors (Lipinski definition) is 7. The molecule has 0 aliphatic rings. The van der Waals surface area contributed by atoms with Gasteiger partial charge in [0, 0.05) is 0 Å². The molecule has 0 amide bonds. The number of carbonyl (C=O) groups excluding carboxylic acids is 3. The van der Waals surface area contributed by atoms with Crippen LogP contribution in [-0.2, 0) is 37.1 Å². The summed E-state index contributed by atoms with van der Waals surface area (Å²) in [6.07, 6.45) is -1.62. The molecule has 0 aromatic heterocycles. The van der Waals surface area contributed by atoms with Crippen molar-refractivity contribution in [1.82, 2.24) is 0 Å². The number of nitrogens with two attached hydrogens (primary N) is 1. The molecule has 0 bridgehead atoms. The van der Waals surface area contributed by atoms with Gasteiger partial charge in [-0.1, -0.05) is 60.7 Å². The highest BCUT2D eigenvalue weighted by molar-refractivity contribution is 5.85. The number of aliphatic hydroxyl groups is 1. The molecule has 2 rings (SSSR count). The van der Waals surface area contributed by atoms with Gasteiger partial charge >= 0.3 is 11.9 Å². The lowest BCUT2D eigenvalue weighted by molar-refractivity contribution is -0.162. The van der Waals surface area contributed by atoms with Crippen molar-refractivity contribution in [3.05, 3.63) is 71.8 Å². The maximum atomic E-state index is 12.1. The van der Waals surface area contributed by atoms with E-state index in [1.807, 2.05) is 12.1 Å². The minimum Gasteiger partial charge on any atom is -0.460 e. The number of ether oxygens (including phenoxy) is 2. The van der Waals surface area contributed by atoms with Crippen molar-refractivity contribution in [3.8, 4) is 0 Å². The van der Waals surface area contributed by atoms with E-state index >= 15 is 0 Å². The molecule has 3 N–H and O–H groups in total. The summed E-state index contributed by atoms with van der Waals surface area (Å²) in [6.45, 7) is -0.108. The summed E-state index contributed by atoms with van der Waals surface area (Å²) in [5.41, 5.74) is 7.16. The molecule has 7 nitrogen and oxygen atoms in total. The quantitative estimate of drug-likeness (QED) is 0.498. The fourth-order valence-electron chi connectivity index (χ4n) is 2.31. The molecule has 3 atom stereocenters. The van der Waals surface area contributed by atoms with Crippen LogP contribution in [0.3, 0.4) is 0 Å². The van der Waals surface area contributed by atoms with Gasteiger partial charge in [-0.2, -0.15) is 0 Å². The average molecular weight is 371 g/mol. The molecule has 2 aromatic carbocycles. The second-order valence-corrected chi connectivity index (χ2v) is 5.87. The molecule has 2 unspecified atom stereocenters. The fourth-order valence-corrected chi connectivity index (χ4v) is 2.31. The van der Waals surface area contributed by atoms with Gasteiger partial charge in [0.15, 0.2) is 6.10 Å². The first-order chi connectivity index (χ1) is 13.0. The molecule has 7 heteroatoms. The highest BCUT2D eigenvalue weighted by atomic mass is 16.5. The molecular formula is C20H21NO6. The molecular weight excluding hydrogens is 350 g/mol. The molecule has 0 saturated carbocycles. The molecule has 0 aliphatic carbocycles. The van der Waals surface area contributed by atoms with Gasteiger partial charge in [-0.15, -0.1) is 0 Å². The van der Waals surface area contributed by atoms with Crippen LogP contribution in [-0.4, -0.2) is 35.5 Å². The average Bonchev–Trinajstić information content (AvgIpc) is 2.72. The van der Waals surface area contributed by atoms with Crippen molar-refractivity contribution in [1.29, 1.82) is 0 Å². The van der Waals surface area contributed by atoms with E-state index in [0.29, 0.717) is 5.56 Å². The van der Waals surface area contributed by atoms with Gasteiger partial charge in [0.1, 0.15) is 25.5 Å². The molecule has 142 valence electrons. The normalized spacial score (nSPS) is 13.9. The second kappa shape index (κ2) is 10.2. The Morgan fingerprint density at radius 1 is 0.889 bits per heavy atom. The minimum absolute atomic E-state index is 0.0342. The number of hydrogen-bond donors (Lipinski definition) is 2. The lowest BCUT2D eigenvalue weighted by Crippen LogP contribution is -2.48. The van der Waals surface area contributed by atoms with Crippen LogP contribution in [0, 0.1) is 5.92 Å². The second-order valence-electron chi connectivity index (χ2n) is 5.87. The Balaban J connectivity index is 1.89. The van der Waals surface area contributed by atoms with Crippen LogP contribution in [0.5, 0.6) is 0 Å². The van der Waals surface area contributed by atoms with Gasteiger partial charge < -0.3 is 25.1 Å². The van der Waals surface area contributed by atoms with Crippen LogP contribution in [0.2, 0.25) is 0 Å². The highest BCUT2D eigenvalue weighted by Crippen LogP contribution is 2.12. The number of aldehydes is 1. The molecule has 27 heavy (non-hydrogen) atoms. The Morgan fingerprint density at radius 2 is 1.33 bits per heavy atom. The Labute approximate surface area is 156 Å². The van der Waals surface area contributed by atoms with E-state index in [1.165, 1.54) is 0 Å². The third kappa shape index (κ3) is 6.02. The van der Waals surface area contributed by atoms with Crippen molar-refractivity contribution >= 4 is 18.2 Å². The number of benzene rings is 2. The topological polar surface area (TPSA) is 116 Å². The predicted octanol–water partition coefficient (Wildman–Crippen LogP) is 0.976. The minimum atomic E-state index is -1.87.